The quantitative estimate of drug-likeness (QED) is 0.464. The number of nitrogens with zero attached hydrogens (tertiary/aromatic N) is 2. The number of amides is 2. The Morgan fingerprint density at radius 3 is 2.60 bits per heavy atom. The molecular weight excluding hydrogens is 569 g/mol. The standard InChI is InChI=1S/C27H36ClF3N4O4S/c28-23-14-24-19(12-25(36)33-24)11-22(23)26(37)32-20-10-18-2-3-21(13-20)35(15-18)40(38,39)16-17-4-8-34(9-5-17)7-1-6-27(29,30)31/h11,14,17-18,20-21H,1-10,12-13,15-16H2,(H,32,37)(H,33,36)/t18-,20-,21-/m1/s1. The third-order valence-corrected chi connectivity index (χ3v) is 11.1. The molecule has 1 aromatic carbocycles. The predicted octanol–water partition coefficient (Wildman–Crippen LogP) is 4.19. The number of halogens is 4. The second-order valence-corrected chi connectivity index (χ2v) is 14.2. The molecular formula is C27H36ClF3N4O4S. The number of carbonyl (C=O) groups excluding carboxylic acids is 2. The van der Waals surface area contributed by atoms with Gasteiger partial charge in [0.2, 0.25) is 15.9 Å². The summed E-state index contributed by atoms with van der Waals surface area (Å²) in [6.07, 6.45) is -0.472. The van der Waals surface area contributed by atoms with Gasteiger partial charge in [0.25, 0.3) is 5.91 Å². The average molecular weight is 605 g/mol. The number of likely N-dealkylation sites (tertiary alicyclic amines) is 1. The van der Waals surface area contributed by atoms with E-state index in [1.54, 1.807) is 16.4 Å². The third kappa shape index (κ3) is 7.11. The maximum atomic E-state index is 13.5. The summed E-state index contributed by atoms with van der Waals surface area (Å²) in [5.41, 5.74) is 1.65. The summed E-state index contributed by atoms with van der Waals surface area (Å²) in [4.78, 5) is 26.9. The number of hydrogen-bond acceptors (Lipinski definition) is 5. The van der Waals surface area contributed by atoms with Gasteiger partial charge in [0, 0.05) is 30.7 Å². The van der Waals surface area contributed by atoms with E-state index in [4.69, 9.17) is 11.6 Å². The molecule has 8 nitrogen and oxygen atoms in total. The van der Waals surface area contributed by atoms with Crippen molar-refractivity contribution in [2.45, 2.75) is 76.0 Å². The highest BCUT2D eigenvalue weighted by molar-refractivity contribution is 7.89. The molecule has 0 spiro atoms. The molecule has 3 saturated heterocycles. The number of nitrogens with one attached hydrogen (secondary N) is 2. The highest BCUT2D eigenvalue weighted by atomic mass is 35.5. The summed E-state index contributed by atoms with van der Waals surface area (Å²) < 4.78 is 66.0. The third-order valence-electron chi connectivity index (χ3n) is 8.77. The lowest BCUT2D eigenvalue weighted by Crippen LogP contribution is -2.48. The van der Waals surface area contributed by atoms with Gasteiger partial charge in [0.05, 0.1) is 22.8 Å². The van der Waals surface area contributed by atoms with Gasteiger partial charge in [-0.2, -0.15) is 17.5 Å². The molecule has 4 fully saturated rings. The van der Waals surface area contributed by atoms with Gasteiger partial charge in [-0.3, -0.25) is 9.59 Å². The lowest BCUT2D eigenvalue weighted by Gasteiger charge is -2.38. The summed E-state index contributed by atoms with van der Waals surface area (Å²) in [5, 5.41) is 6.05. The minimum atomic E-state index is -4.14. The first kappa shape index (κ1) is 29.6. The van der Waals surface area contributed by atoms with Gasteiger partial charge < -0.3 is 15.5 Å². The largest absolute Gasteiger partial charge is 0.389 e. The van der Waals surface area contributed by atoms with Crippen molar-refractivity contribution in [3.63, 3.8) is 0 Å². The summed E-state index contributed by atoms with van der Waals surface area (Å²) in [6, 6.07) is 2.87. The van der Waals surface area contributed by atoms with Crippen LogP contribution in [0.3, 0.4) is 0 Å². The number of sulfonamides is 1. The summed E-state index contributed by atoms with van der Waals surface area (Å²) in [7, 11) is -3.52. The summed E-state index contributed by atoms with van der Waals surface area (Å²) in [5.74, 6) is -0.274. The molecule has 2 bridgehead atoms. The topological polar surface area (TPSA) is 98.8 Å². The van der Waals surface area contributed by atoms with Crippen LogP contribution in [0.25, 0.3) is 0 Å². The first-order valence-corrected chi connectivity index (χ1v) is 16.1. The van der Waals surface area contributed by atoms with E-state index in [9.17, 15) is 31.2 Å². The zero-order valence-corrected chi connectivity index (χ0v) is 23.9. The molecule has 0 unspecified atom stereocenters. The van der Waals surface area contributed by atoms with Gasteiger partial charge in [0.1, 0.15) is 0 Å². The van der Waals surface area contributed by atoms with Crippen LogP contribution in [0.15, 0.2) is 12.1 Å². The molecule has 0 radical (unpaired) electrons. The van der Waals surface area contributed by atoms with Crippen LogP contribution in [0.2, 0.25) is 5.02 Å². The summed E-state index contributed by atoms with van der Waals surface area (Å²) in [6.45, 7) is 2.07. The molecule has 5 aliphatic rings. The SMILES string of the molecule is O=C1Cc2cc(C(=O)N[C@@H]3C[C@H]4CC[C@H](C3)N(S(=O)(=O)CC3CCN(CCCC(F)(F)F)CC3)C4)c(Cl)cc2N1. The summed E-state index contributed by atoms with van der Waals surface area (Å²) >= 11 is 6.35. The van der Waals surface area contributed by atoms with Gasteiger partial charge in [-0.25, -0.2) is 8.42 Å². The van der Waals surface area contributed by atoms with Gasteiger partial charge in [0.15, 0.2) is 0 Å². The van der Waals surface area contributed by atoms with Crippen LogP contribution in [0.1, 0.15) is 67.3 Å². The molecule has 3 atom stereocenters. The monoisotopic (exact) mass is 604 g/mol. The molecule has 4 heterocycles. The number of carbonyl (C=O) groups is 2. The zero-order chi connectivity index (χ0) is 28.7. The van der Waals surface area contributed by atoms with E-state index in [0.717, 1.165) is 18.4 Å². The van der Waals surface area contributed by atoms with E-state index in [1.807, 2.05) is 4.90 Å². The van der Waals surface area contributed by atoms with Gasteiger partial charge >= 0.3 is 6.18 Å². The smallest absolute Gasteiger partial charge is 0.349 e. The van der Waals surface area contributed by atoms with Gasteiger partial charge in [-0.1, -0.05) is 11.6 Å². The van der Waals surface area contributed by atoms with Crippen LogP contribution >= 0.6 is 11.6 Å². The maximum absolute atomic E-state index is 13.5. The van der Waals surface area contributed by atoms with E-state index >= 15 is 0 Å². The lowest BCUT2D eigenvalue weighted by atomic mass is 9.96. The molecule has 1 saturated carbocycles. The highest BCUT2D eigenvalue weighted by Crippen LogP contribution is 2.37. The van der Waals surface area contributed by atoms with Crippen LogP contribution in [-0.2, 0) is 21.2 Å². The molecule has 2 amide bonds. The van der Waals surface area contributed by atoms with E-state index < -0.39 is 22.6 Å². The molecule has 2 N–H and O–H groups in total. The Hall–Kier alpha value is -1.89. The van der Waals surface area contributed by atoms with Crippen molar-refractivity contribution in [1.82, 2.24) is 14.5 Å². The Balaban J connectivity index is 1.15. The van der Waals surface area contributed by atoms with E-state index in [0.29, 0.717) is 63.1 Å². The number of piperidine rings is 2. The van der Waals surface area contributed by atoms with Crippen LogP contribution in [0.5, 0.6) is 0 Å². The molecule has 1 aliphatic carbocycles. The van der Waals surface area contributed by atoms with Crippen LogP contribution < -0.4 is 10.6 Å². The number of alkyl halides is 3. The minimum absolute atomic E-state index is 0.00975. The maximum Gasteiger partial charge on any atom is 0.389 e. The van der Waals surface area contributed by atoms with Gasteiger partial charge in [-0.05, 0) is 94.1 Å². The number of hydrogen-bond donors (Lipinski definition) is 2. The first-order chi connectivity index (χ1) is 18.9. The lowest BCUT2D eigenvalue weighted by molar-refractivity contribution is -0.136. The van der Waals surface area contributed by atoms with E-state index in [1.165, 1.54) is 0 Å². The van der Waals surface area contributed by atoms with Crippen LogP contribution in [-0.4, -0.2) is 79.6 Å². The number of rotatable bonds is 8. The van der Waals surface area contributed by atoms with Crippen molar-refractivity contribution in [3.05, 3.63) is 28.3 Å². The Morgan fingerprint density at radius 1 is 1.12 bits per heavy atom. The zero-order valence-electron chi connectivity index (χ0n) is 22.3. The molecule has 0 aromatic heterocycles. The molecule has 4 aliphatic heterocycles. The average Bonchev–Trinajstić information content (AvgIpc) is 3.01. The Bertz CT molecular complexity index is 1240. The molecule has 13 heteroatoms. The van der Waals surface area contributed by atoms with Crippen molar-refractivity contribution in [2.75, 3.05) is 37.2 Å². The Kier molecular flexibility index (Phi) is 8.71. The van der Waals surface area contributed by atoms with E-state index in [-0.39, 0.29) is 59.4 Å². The molecule has 222 valence electrons. The van der Waals surface area contributed by atoms with Gasteiger partial charge in [-0.15, -0.1) is 0 Å². The number of fused-ring (bicyclic) bond motifs is 5. The normalized spacial score (nSPS) is 26.4. The van der Waals surface area contributed by atoms with E-state index in [2.05, 4.69) is 10.6 Å². The fraction of sp³-hybridized carbons (Fsp3) is 0.704. The second kappa shape index (κ2) is 11.8. The second-order valence-electron chi connectivity index (χ2n) is 11.8. The highest BCUT2D eigenvalue weighted by Gasteiger charge is 2.42. The Morgan fingerprint density at radius 2 is 1.88 bits per heavy atom. The fourth-order valence-electron chi connectivity index (χ4n) is 6.74. The Labute approximate surface area is 238 Å². The number of anilines is 1. The number of benzene rings is 1. The van der Waals surface area contributed by atoms with Crippen LogP contribution in [0, 0.1) is 11.8 Å². The van der Waals surface area contributed by atoms with Crippen molar-refractivity contribution >= 4 is 39.1 Å². The minimum Gasteiger partial charge on any atom is -0.349 e. The first-order valence-electron chi connectivity index (χ1n) is 14.1. The van der Waals surface area contributed by atoms with Crippen molar-refractivity contribution in [1.29, 1.82) is 0 Å². The van der Waals surface area contributed by atoms with Crippen molar-refractivity contribution in [3.8, 4) is 0 Å². The molecule has 40 heavy (non-hydrogen) atoms. The van der Waals surface area contributed by atoms with Crippen LogP contribution in [0.4, 0.5) is 18.9 Å². The molecule has 1 aromatic rings. The molecule has 6 rings (SSSR count). The van der Waals surface area contributed by atoms with Crippen molar-refractivity contribution in [2.24, 2.45) is 11.8 Å². The van der Waals surface area contributed by atoms with Crippen molar-refractivity contribution < 1.29 is 31.2 Å². The fourth-order valence-corrected chi connectivity index (χ4v) is 9.19. The predicted molar refractivity (Wildman–Crippen MR) is 146 cm³/mol.